The van der Waals surface area contributed by atoms with E-state index in [0.717, 1.165) is 30.1 Å². The van der Waals surface area contributed by atoms with Crippen LogP contribution in [0.3, 0.4) is 0 Å². The first-order valence-electron chi connectivity index (χ1n) is 6.47. The standard InChI is InChI=1S/C16H15ClFN/c17-14-4-1-11(2-5-14)7-12-8-13-3-6-15(18)9-16(13)19-10-12/h1-6,9,12,19H,7-8,10H2. The SMILES string of the molecule is Fc1ccc2c(c1)NCC(Cc1ccc(Cl)cc1)C2. The van der Waals surface area contributed by atoms with Crippen LogP contribution in [0.2, 0.25) is 5.02 Å². The van der Waals surface area contributed by atoms with Crippen molar-refractivity contribution >= 4 is 17.3 Å². The van der Waals surface area contributed by atoms with Crippen LogP contribution in [-0.4, -0.2) is 6.54 Å². The highest BCUT2D eigenvalue weighted by molar-refractivity contribution is 6.30. The fourth-order valence-corrected chi connectivity index (χ4v) is 2.75. The van der Waals surface area contributed by atoms with Crippen molar-refractivity contribution in [3.05, 3.63) is 64.4 Å². The van der Waals surface area contributed by atoms with Crippen molar-refractivity contribution in [3.8, 4) is 0 Å². The highest BCUT2D eigenvalue weighted by Gasteiger charge is 2.18. The van der Waals surface area contributed by atoms with E-state index < -0.39 is 0 Å². The first-order chi connectivity index (χ1) is 9.20. The molecule has 0 bridgehead atoms. The molecule has 1 N–H and O–H groups in total. The lowest BCUT2D eigenvalue weighted by Crippen LogP contribution is -2.24. The van der Waals surface area contributed by atoms with Crippen LogP contribution in [0.5, 0.6) is 0 Å². The van der Waals surface area contributed by atoms with E-state index in [1.165, 1.54) is 17.2 Å². The molecule has 0 aliphatic carbocycles. The number of hydrogen-bond acceptors (Lipinski definition) is 1. The molecule has 1 nitrogen and oxygen atoms in total. The summed E-state index contributed by atoms with van der Waals surface area (Å²) in [4.78, 5) is 0. The van der Waals surface area contributed by atoms with Crippen LogP contribution in [0.4, 0.5) is 10.1 Å². The summed E-state index contributed by atoms with van der Waals surface area (Å²) in [5.74, 6) is 0.363. The summed E-state index contributed by atoms with van der Waals surface area (Å²) < 4.78 is 13.1. The van der Waals surface area contributed by atoms with Gasteiger partial charge in [0.2, 0.25) is 0 Å². The lowest BCUT2D eigenvalue weighted by molar-refractivity contribution is 0.533. The van der Waals surface area contributed by atoms with Gasteiger partial charge in [0.25, 0.3) is 0 Å². The highest BCUT2D eigenvalue weighted by Crippen LogP contribution is 2.27. The fraction of sp³-hybridized carbons (Fsp3) is 0.250. The lowest BCUT2D eigenvalue weighted by atomic mass is 9.89. The van der Waals surface area contributed by atoms with Gasteiger partial charge in [-0.25, -0.2) is 4.39 Å². The quantitative estimate of drug-likeness (QED) is 0.861. The molecular weight excluding hydrogens is 261 g/mol. The third-order valence-corrected chi connectivity index (χ3v) is 3.85. The number of benzene rings is 2. The summed E-state index contributed by atoms with van der Waals surface area (Å²) >= 11 is 5.89. The van der Waals surface area contributed by atoms with Crippen LogP contribution in [0.25, 0.3) is 0 Å². The Morgan fingerprint density at radius 2 is 1.95 bits per heavy atom. The van der Waals surface area contributed by atoms with Crippen molar-refractivity contribution in [2.24, 2.45) is 5.92 Å². The summed E-state index contributed by atoms with van der Waals surface area (Å²) in [6, 6.07) is 13.0. The van der Waals surface area contributed by atoms with Gasteiger partial charge in [-0.2, -0.15) is 0 Å². The molecule has 2 aromatic rings. The number of hydrogen-bond donors (Lipinski definition) is 1. The zero-order valence-electron chi connectivity index (χ0n) is 10.5. The van der Waals surface area contributed by atoms with Gasteiger partial charge in [-0.3, -0.25) is 0 Å². The van der Waals surface area contributed by atoms with E-state index in [1.54, 1.807) is 6.07 Å². The maximum atomic E-state index is 13.1. The average molecular weight is 276 g/mol. The van der Waals surface area contributed by atoms with Crippen LogP contribution in [0, 0.1) is 11.7 Å². The van der Waals surface area contributed by atoms with Crippen molar-refractivity contribution in [2.75, 3.05) is 11.9 Å². The van der Waals surface area contributed by atoms with Gasteiger partial charge in [0.15, 0.2) is 0 Å². The Morgan fingerprint density at radius 1 is 1.16 bits per heavy atom. The molecule has 1 atom stereocenters. The summed E-state index contributed by atoms with van der Waals surface area (Å²) in [5, 5.41) is 4.09. The number of rotatable bonds is 2. The molecule has 0 spiro atoms. The van der Waals surface area contributed by atoms with Crippen molar-refractivity contribution in [1.29, 1.82) is 0 Å². The second-order valence-electron chi connectivity index (χ2n) is 5.08. The molecule has 19 heavy (non-hydrogen) atoms. The minimum Gasteiger partial charge on any atom is -0.384 e. The molecule has 3 heteroatoms. The van der Waals surface area contributed by atoms with Crippen LogP contribution < -0.4 is 5.32 Å². The Morgan fingerprint density at radius 3 is 2.74 bits per heavy atom. The Balaban J connectivity index is 1.72. The predicted molar refractivity (Wildman–Crippen MR) is 77.2 cm³/mol. The molecule has 0 aromatic heterocycles. The third kappa shape index (κ3) is 2.90. The van der Waals surface area contributed by atoms with Gasteiger partial charge in [-0.05, 0) is 54.2 Å². The van der Waals surface area contributed by atoms with Gasteiger partial charge in [0, 0.05) is 17.3 Å². The molecule has 1 aliphatic heterocycles. The molecular formula is C16H15ClFN. The van der Waals surface area contributed by atoms with E-state index in [0.29, 0.717) is 5.92 Å². The van der Waals surface area contributed by atoms with Gasteiger partial charge in [0.1, 0.15) is 5.82 Å². The Bertz CT molecular complexity index is 580. The smallest absolute Gasteiger partial charge is 0.125 e. The largest absolute Gasteiger partial charge is 0.384 e. The monoisotopic (exact) mass is 275 g/mol. The zero-order valence-corrected chi connectivity index (χ0v) is 11.3. The van der Waals surface area contributed by atoms with Crippen LogP contribution in [-0.2, 0) is 12.8 Å². The first kappa shape index (κ1) is 12.5. The minimum absolute atomic E-state index is 0.178. The number of anilines is 1. The van der Waals surface area contributed by atoms with Gasteiger partial charge in [0.05, 0.1) is 0 Å². The Hall–Kier alpha value is -1.54. The normalized spacial score (nSPS) is 17.7. The second-order valence-corrected chi connectivity index (χ2v) is 5.52. The van der Waals surface area contributed by atoms with E-state index in [1.807, 2.05) is 18.2 Å². The molecule has 98 valence electrons. The predicted octanol–water partition coefficient (Wildman–Crippen LogP) is 4.31. The average Bonchev–Trinajstić information content (AvgIpc) is 2.42. The molecule has 1 heterocycles. The van der Waals surface area contributed by atoms with Crippen LogP contribution >= 0.6 is 11.6 Å². The van der Waals surface area contributed by atoms with Crippen molar-refractivity contribution in [2.45, 2.75) is 12.8 Å². The van der Waals surface area contributed by atoms with E-state index in [-0.39, 0.29) is 5.82 Å². The summed E-state index contributed by atoms with van der Waals surface area (Å²) in [5.41, 5.74) is 3.43. The summed E-state index contributed by atoms with van der Waals surface area (Å²) in [6.45, 7) is 0.888. The molecule has 3 rings (SSSR count). The van der Waals surface area contributed by atoms with E-state index in [2.05, 4.69) is 17.4 Å². The highest BCUT2D eigenvalue weighted by atomic mass is 35.5. The number of fused-ring (bicyclic) bond motifs is 1. The summed E-state index contributed by atoms with van der Waals surface area (Å²) in [7, 11) is 0. The zero-order chi connectivity index (χ0) is 13.2. The minimum atomic E-state index is -0.178. The second kappa shape index (κ2) is 5.22. The Labute approximate surface area is 117 Å². The molecule has 1 aliphatic rings. The number of halogens is 2. The van der Waals surface area contributed by atoms with Gasteiger partial charge >= 0.3 is 0 Å². The molecule has 0 saturated heterocycles. The first-order valence-corrected chi connectivity index (χ1v) is 6.85. The number of nitrogens with one attached hydrogen (secondary N) is 1. The van der Waals surface area contributed by atoms with Gasteiger partial charge in [-0.1, -0.05) is 29.8 Å². The van der Waals surface area contributed by atoms with Gasteiger partial charge in [-0.15, -0.1) is 0 Å². The molecule has 0 radical (unpaired) electrons. The molecule has 1 unspecified atom stereocenters. The summed E-state index contributed by atoms with van der Waals surface area (Å²) in [6.07, 6.45) is 2.01. The van der Waals surface area contributed by atoms with E-state index in [4.69, 9.17) is 11.6 Å². The van der Waals surface area contributed by atoms with Crippen molar-refractivity contribution in [1.82, 2.24) is 0 Å². The fourth-order valence-electron chi connectivity index (χ4n) is 2.63. The van der Waals surface area contributed by atoms with Crippen LogP contribution in [0.1, 0.15) is 11.1 Å². The van der Waals surface area contributed by atoms with Crippen molar-refractivity contribution in [3.63, 3.8) is 0 Å². The van der Waals surface area contributed by atoms with Crippen molar-refractivity contribution < 1.29 is 4.39 Å². The lowest BCUT2D eigenvalue weighted by Gasteiger charge is -2.26. The topological polar surface area (TPSA) is 12.0 Å². The molecule has 0 fully saturated rings. The third-order valence-electron chi connectivity index (χ3n) is 3.60. The van der Waals surface area contributed by atoms with Gasteiger partial charge < -0.3 is 5.32 Å². The maximum absolute atomic E-state index is 13.1. The maximum Gasteiger partial charge on any atom is 0.125 e. The van der Waals surface area contributed by atoms with Crippen LogP contribution in [0.15, 0.2) is 42.5 Å². The van der Waals surface area contributed by atoms with E-state index >= 15 is 0 Å². The molecule has 0 saturated carbocycles. The van der Waals surface area contributed by atoms with E-state index in [9.17, 15) is 4.39 Å². The Kier molecular flexibility index (Phi) is 3.43. The molecule has 2 aromatic carbocycles. The molecule has 0 amide bonds.